The summed E-state index contributed by atoms with van der Waals surface area (Å²) in [6.45, 7) is 5.57. The van der Waals surface area contributed by atoms with Gasteiger partial charge in [-0.3, -0.25) is 4.99 Å². The van der Waals surface area contributed by atoms with Gasteiger partial charge in [-0.05, 0) is 12.5 Å². The normalized spacial score (nSPS) is 18.3. The van der Waals surface area contributed by atoms with Gasteiger partial charge in [0.2, 0.25) is 5.88 Å². The van der Waals surface area contributed by atoms with E-state index in [0.717, 1.165) is 24.8 Å². The summed E-state index contributed by atoms with van der Waals surface area (Å²) in [6.07, 6.45) is 2.78. The summed E-state index contributed by atoms with van der Waals surface area (Å²) in [5.41, 5.74) is 0. The number of pyridine rings is 1. The van der Waals surface area contributed by atoms with Crippen molar-refractivity contribution in [3.05, 3.63) is 23.4 Å². The fourth-order valence-electron chi connectivity index (χ4n) is 2.26. The molecule has 1 atom stereocenters. The minimum Gasteiger partial charge on any atom is -0.476 e. The molecule has 5 nitrogen and oxygen atoms in total. The van der Waals surface area contributed by atoms with Crippen LogP contribution in [0, 0.1) is 0 Å². The Morgan fingerprint density at radius 1 is 1.57 bits per heavy atom. The maximum absolute atomic E-state index is 5.79. The molecule has 0 aromatic carbocycles. The molecule has 1 aromatic heterocycles. The van der Waals surface area contributed by atoms with Crippen LogP contribution in [0.2, 0.25) is 5.02 Å². The van der Waals surface area contributed by atoms with Gasteiger partial charge in [0.25, 0.3) is 0 Å². The third kappa shape index (κ3) is 6.93. The summed E-state index contributed by atoms with van der Waals surface area (Å²) in [7, 11) is 1.83. The van der Waals surface area contributed by atoms with Gasteiger partial charge in [-0.1, -0.05) is 18.5 Å². The van der Waals surface area contributed by atoms with Crippen molar-refractivity contribution in [1.29, 1.82) is 0 Å². The Morgan fingerprint density at radius 2 is 2.39 bits per heavy atom. The quantitative estimate of drug-likeness (QED) is 0.310. The number of rotatable bonds is 5. The fraction of sp³-hybridized carbons (Fsp3) is 0.600. The Kier molecular flexibility index (Phi) is 10.0. The monoisotopic (exact) mass is 470 g/mol. The van der Waals surface area contributed by atoms with E-state index in [2.05, 4.69) is 38.9 Å². The van der Waals surface area contributed by atoms with Gasteiger partial charge in [-0.15, -0.1) is 24.0 Å². The van der Waals surface area contributed by atoms with Crippen LogP contribution in [0.25, 0.3) is 0 Å². The topological polar surface area (TPSA) is 49.8 Å². The number of hydrogen-bond acceptors (Lipinski definition) is 4. The molecule has 1 saturated heterocycles. The van der Waals surface area contributed by atoms with Crippen LogP contribution in [-0.4, -0.2) is 60.1 Å². The minimum absolute atomic E-state index is 0. The zero-order valence-corrected chi connectivity index (χ0v) is 17.4. The molecule has 2 rings (SSSR count). The number of thioether (sulfide) groups is 1. The standard InChI is InChI=1S/C15H23ClN4OS.HI/c1-3-13-11-20(7-9-22-13)15(17-2)18-6-8-21-14-5-4-12(16)10-19-14;/h4-5,10,13H,3,6-9,11H2,1-2H3,(H,17,18);1H. The molecule has 0 saturated carbocycles. The van der Waals surface area contributed by atoms with Crippen LogP contribution in [0.3, 0.4) is 0 Å². The molecule has 1 fully saturated rings. The first kappa shape index (κ1) is 20.6. The van der Waals surface area contributed by atoms with E-state index in [1.54, 1.807) is 18.3 Å². The molecule has 0 amide bonds. The largest absolute Gasteiger partial charge is 0.476 e. The number of aliphatic imine (C=N–C) groups is 1. The van der Waals surface area contributed by atoms with E-state index in [0.29, 0.717) is 29.3 Å². The average Bonchev–Trinajstić information content (AvgIpc) is 2.56. The van der Waals surface area contributed by atoms with Crippen molar-refractivity contribution in [2.24, 2.45) is 4.99 Å². The first-order valence-electron chi connectivity index (χ1n) is 7.54. The van der Waals surface area contributed by atoms with Crippen LogP contribution in [0.1, 0.15) is 13.3 Å². The van der Waals surface area contributed by atoms with Gasteiger partial charge in [0.05, 0.1) is 11.6 Å². The lowest BCUT2D eigenvalue weighted by molar-refractivity contribution is 0.306. The average molecular weight is 471 g/mol. The Hall–Kier alpha value is -0.410. The molecule has 1 aliphatic rings. The van der Waals surface area contributed by atoms with Crippen LogP contribution in [0.4, 0.5) is 0 Å². The molecule has 1 unspecified atom stereocenters. The Bertz CT molecular complexity index is 489. The molecular weight excluding hydrogens is 447 g/mol. The molecule has 1 aliphatic heterocycles. The van der Waals surface area contributed by atoms with Gasteiger partial charge in [0.1, 0.15) is 6.61 Å². The highest BCUT2D eigenvalue weighted by Gasteiger charge is 2.21. The Balaban J connectivity index is 0.00000264. The number of halogens is 2. The molecule has 0 spiro atoms. The van der Waals surface area contributed by atoms with Crippen LogP contribution < -0.4 is 10.1 Å². The number of ether oxygens (including phenoxy) is 1. The van der Waals surface area contributed by atoms with Crippen molar-refractivity contribution >= 4 is 53.3 Å². The first-order valence-corrected chi connectivity index (χ1v) is 8.97. The lowest BCUT2D eigenvalue weighted by Crippen LogP contribution is -2.48. The molecule has 1 aromatic rings. The van der Waals surface area contributed by atoms with E-state index in [4.69, 9.17) is 16.3 Å². The molecule has 1 N–H and O–H groups in total. The van der Waals surface area contributed by atoms with E-state index in [1.807, 2.05) is 7.05 Å². The number of guanidine groups is 1. The molecule has 2 heterocycles. The zero-order valence-electron chi connectivity index (χ0n) is 13.5. The summed E-state index contributed by atoms with van der Waals surface area (Å²) in [4.78, 5) is 10.8. The predicted molar refractivity (Wildman–Crippen MR) is 110 cm³/mol. The highest BCUT2D eigenvalue weighted by atomic mass is 127. The molecular formula is C15H24ClIN4OS. The van der Waals surface area contributed by atoms with Crippen molar-refractivity contribution < 1.29 is 4.74 Å². The molecule has 0 aliphatic carbocycles. The zero-order chi connectivity index (χ0) is 15.8. The molecule has 8 heteroatoms. The molecule has 0 bridgehead atoms. The third-order valence-corrected chi connectivity index (χ3v) is 5.04. The summed E-state index contributed by atoms with van der Waals surface area (Å²) >= 11 is 7.84. The summed E-state index contributed by atoms with van der Waals surface area (Å²) in [6, 6.07) is 3.54. The Labute approximate surface area is 164 Å². The number of aromatic nitrogens is 1. The maximum atomic E-state index is 5.79. The summed E-state index contributed by atoms with van der Waals surface area (Å²) < 4.78 is 5.58. The smallest absolute Gasteiger partial charge is 0.213 e. The van der Waals surface area contributed by atoms with Crippen molar-refractivity contribution in [1.82, 2.24) is 15.2 Å². The van der Waals surface area contributed by atoms with Crippen molar-refractivity contribution in [2.75, 3.05) is 39.0 Å². The lowest BCUT2D eigenvalue weighted by Gasteiger charge is -2.34. The van der Waals surface area contributed by atoms with E-state index in [9.17, 15) is 0 Å². The molecule has 0 radical (unpaired) electrons. The fourth-order valence-corrected chi connectivity index (χ4v) is 3.55. The van der Waals surface area contributed by atoms with Crippen LogP contribution >= 0.6 is 47.3 Å². The van der Waals surface area contributed by atoms with Gasteiger partial charge < -0.3 is 15.0 Å². The van der Waals surface area contributed by atoms with Gasteiger partial charge in [-0.25, -0.2) is 4.98 Å². The second kappa shape index (κ2) is 11.2. The number of nitrogens with one attached hydrogen (secondary N) is 1. The highest BCUT2D eigenvalue weighted by molar-refractivity contribution is 14.0. The van der Waals surface area contributed by atoms with Gasteiger partial charge in [0, 0.05) is 43.4 Å². The second-order valence-electron chi connectivity index (χ2n) is 4.98. The predicted octanol–water partition coefficient (Wildman–Crippen LogP) is 3.13. The maximum Gasteiger partial charge on any atom is 0.213 e. The second-order valence-corrected chi connectivity index (χ2v) is 6.83. The van der Waals surface area contributed by atoms with Gasteiger partial charge in [0.15, 0.2) is 5.96 Å². The summed E-state index contributed by atoms with van der Waals surface area (Å²) in [5, 5.41) is 4.66. The SMILES string of the molecule is CCC1CN(C(=NC)NCCOc2ccc(Cl)cn2)CCS1.I. The highest BCUT2D eigenvalue weighted by Crippen LogP contribution is 2.20. The van der Waals surface area contributed by atoms with Crippen molar-refractivity contribution in [2.45, 2.75) is 18.6 Å². The number of hydrogen-bond donors (Lipinski definition) is 1. The molecule has 23 heavy (non-hydrogen) atoms. The third-order valence-electron chi connectivity index (χ3n) is 3.44. The van der Waals surface area contributed by atoms with Crippen LogP contribution in [-0.2, 0) is 0 Å². The van der Waals surface area contributed by atoms with E-state index < -0.39 is 0 Å². The van der Waals surface area contributed by atoms with E-state index in [-0.39, 0.29) is 24.0 Å². The lowest BCUT2D eigenvalue weighted by atomic mass is 10.3. The van der Waals surface area contributed by atoms with Gasteiger partial charge >= 0.3 is 0 Å². The van der Waals surface area contributed by atoms with Crippen LogP contribution in [0.15, 0.2) is 23.3 Å². The minimum atomic E-state index is 0. The summed E-state index contributed by atoms with van der Waals surface area (Å²) in [5.74, 6) is 2.69. The van der Waals surface area contributed by atoms with Crippen LogP contribution in [0.5, 0.6) is 5.88 Å². The van der Waals surface area contributed by atoms with E-state index >= 15 is 0 Å². The first-order chi connectivity index (χ1) is 10.7. The van der Waals surface area contributed by atoms with Gasteiger partial charge in [-0.2, -0.15) is 11.8 Å². The van der Waals surface area contributed by atoms with Crippen molar-refractivity contribution in [3.63, 3.8) is 0 Å². The Morgan fingerprint density at radius 3 is 3.04 bits per heavy atom. The number of nitrogens with zero attached hydrogens (tertiary/aromatic N) is 3. The van der Waals surface area contributed by atoms with E-state index in [1.165, 1.54) is 6.42 Å². The molecule has 130 valence electrons. The van der Waals surface area contributed by atoms with Crippen molar-refractivity contribution in [3.8, 4) is 5.88 Å².